The first-order chi connectivity index (χ1) is 11.6. The summed E-state index contributed by atoms with van der Waals surface area (Å²) in [5, 5.41) is 24.6. The minimum atomic E-state index is -0.795. The Kier molecular flexibility index (Phi) is 2.83. The molecule has 6 heteroatoms. The summed E-state index contributed by atoms with van der Waals surface area (Å²) in [5.74, 6) is 1.66. The summed E-state index contributed by atoms with van der Waals surface area (Å²) in [5.41, 5.74) is 1.45. The van der Waals surface area contributed by atoms with Gasteiger partial charge in [0, 0.05) is 25.3 Å². The van der Waals surface area contributed by atoms with Crippen LogP contribution in [0.2, 0.25) is 0 Å². The fraction of sp³-hybridized carbons (Fsp3) is 0.556. The molecule has 4 aliphatic rings. The summed E-state index contributed by atoms with van der Waals surface area (Å²) in [6, 6.07) is 3.95. The van der Waals surface area contributed by atoms with Gasteiger partial charge in [-0.25, -0.2) is 0 Å². The molecule has 4 atom stereocenters. The van der Waals surface area contributed by atoms with Crippen LogP contribution in [-0.4, -0.2) is 48.4 Å². The molecule has 128 valence electrons. The number of methoxy groups -OCH3 is 1. The van der Waals surface area contributed by atoms with E-state index < -0.39 is 11.6 Å². The van der Waals surface area contributed by atoms with Crippen LogP contribution in [-0.2, 0) is 11.2 Å². The highest BCUT2D eigenvalue weighted by atomic mass is 16.7. The molecule has 0 bridgehead atoms. The number of ether oxygens (including phenoxy) is 3. The van der Waals surface area contributed by atoms with E-state index in [0.717, 1.165) is 29.7 Å². The fourth-order valence-electron chi connectivity index (χ4n) is 5.23. The molecule has 1 spiro atoms. The van der Waals surface area contributed by atoms with Crippen LogP contribution in [0, 0.1) is 5.21 Å². The first-order valence-electron chi connectivity index (χ1n) is 8.53. The zero-order chi connectivity index (χ0) is 16.5. The zero-order valence-corrected chi connectivity index (χ0v) is 13.7. The number of benzene rings is 1. The van der Waals surface area contributed by atoms with Gasteiger partial charge in [0.1, 0.15) is 17.4 Å². The van der Waals surface area contributed by atoms with Gasteiger partial charge in [-0.05, 0) is 23.3 Å². The van der Waals surface area contributed by atoms with Crippen molar-refractivity contribution in [2.75, 3.05) is 27.0 Å². The van der Waals surface area contributed by atoms with E-state index in [1.807, 2.05) is 18.2 Å². The van der Waals surface area contributed by atoms with Gasteiger partial charge in [0.2, 0.25) is 6.79 Å². The molecule has 3 heterocycles. The van der Waals surface area contributed by atoms with Gasteiger partial charge < -0.3 is 29.2 Å². The smallest absolute Gasteiger partial charge is 0.231 e. The molecule has 1 N–H and O–H groups in total. The maximum atomic E-state index is 13.7. The number of hydrogen-bond acceptors (Lipinski definition) is 5. The standard InChI is InChI=1S/C18H21NO5/c1-22-15-9-18-4-2-5-19(18,21)6-3-11-7-13-14(24-10-23-13)8-12(11)16(18)17(15)20/h7-9,16-17,20H,2-6,10H2,1H3/t16-,17-,18+,19+/m1/s1. The second-order valence-corrected chi connectivity index (χ2v) is 7.26. The molecule has 0 amide bonds. The second kappa shape index (κ2) is 4.65. The molecule has 1 aromatic carbocycles. The van der Waals surface area contributed by atoms with Gasteiger partial charge in [-0.2, -0.15) is 0 Å². The topological polar surface area (TPSA) is 71.0 Å². The van der Waals surface area contributed by atoms with Crippen LogP contribution in [0.5, 0.6) is 11.5 Å². The van der Waals surface area contributed by atoms with E-state index >= 15 is 0 Å². The van der Waals surface area contributed by atoms with E-state index in [2.05, 4.69) is 0 Å². The third-order valence-corrected chi connectivity index (χ3v) is 6.34. The number of aliphatic hydroxyl groups excluding tert-OH is 1. The minimum absolute atomic E-state index is 0.222. The van der Waals surface area contributed by atoms with E-state index in [1.54, 1.807) is 7.11 Å². The van der Waals surface area contributed by atoms with Crippen LogP contribution in [0.25, 0.3) is 0 Å². The second-order valence-electron chi connectivity index (χ2n) is 7.26. The normalized spacial score (nSPS) is 38.9. The van der Waals surface area contributed by atoms with Gasteiger partial charge in [-0.1, -0.05) is 0 Å². The molecule has 1 aliphatic carbocycles. The van der Waals surface area contributed by atoms with Crippen molar-refractivity contribution in [3.05, 3.63) is 40.3 Å². The predicted molar refractivity (Wildman–Crippen MR) is 85.4 cm³/mol. The van der Waals surface area contributed by atoms with Crippen LogP contribution in [0.15, 0.2) is 24.0 Å². The summed E-state index contributed by atoms with van der Waals surface area (Å²) in [6.07, 6.45) is 3.47. The van der Waals surface area contributed by atoms with Gasteiger partial charge in [0.15, 0.2) is 11.5 Å². The minimum Gasteiger partial charge on any atom is -0.632 e. The molecule has 5 rings (SSSR count). The average molecular weight is 331 g/mol. The average Bonchev–Trinajstić information content (AvgIpc) is 3.21. The van der Waals surface area contributed by atoms with E-state index in [1.165, 1.54) is 0 Å². The Hall–Kier alpha value is -1.76. The number of nitrogens with zero attached hydrogens (tertiary/aromatic N) is 1. The number of quaternary nitrogens is 1. The van der Waals surface area contributed by atoms with Gasteiger partial charge in [-0.3, -0.25) is 0 Å². The summed E-state index contributed by atoms with van der Waals surface area (Å²) in [7, 11) is 1.56. The maximum Gasteiger partial charge on any atom is 0.231 e. The number of fused-ring (bicyclic) bond motifs is 3. The number of aliphatic hydroxyl groups is 1. The van der Waals surface area contributed by atoms with E-state index in [4.69, 9.17) is 14.2 Å². The molecule has 0 unspecified atom stereocenters. The van der Waals surface area contributed by atoms with Crippen LogP contribution in [0.4, 0.5) is 0 Å². The highest BCUT2D eigenvalue weighted by molar-refractivity contribution is 5.53. The van der Waals surface area contributed by atoms with Crippen molar-refractivity contribution in [3.63, 3.8) is 0 Å². The molecular formula is C18H21NO5. The predicted octanol–water partition coefficient (Wildman–Crippen LogP) is 1.81. The van der Waals surface area contributed by atoms with Crippen molar-refractivity contribution >= 4 is 0 Å². The Morgan fingerprint density at radius 2 is 2.08 bits per heavy atom. The fourth-order valence-corrected chi connectivity index (χ4v) is 5.23. The Bertz CT molecular complexity index is 747. The largest absolute Gasteiger partial charge is 0.632 e. The number of hydrogen-bond donors (Lipinski definition) is 1. The molecule has 1 fully saturated rings. The summed E-state index contributed by atoms with van der Waals surface area (Å²) in [6.45, 7) is 1.33. The molecule has 1 aromatic rings. The molecule has 0 aromatic heterocycles. The highest BCUT2D eigenvalue weighted by Crippen LogP contribution is 2.57. The molecule has 0 saturated carbocycles. The Balaban J connectivity index is 1.74. The number of hydroxylamine groups is 3. The van der Waals surface area contributed by atoms with E-state index in [0.29, 0.717) is 31.0 Å². The first kappa shape index (κ1) is 14.6. The molecule has 24 heavy (non-hydrogen) atoms. The Labute approximate surface area is 140 Å². The van der Waals surface area contributed by atoms with Crippen molar-refractivity contribution in [3.8, 4) is 11.5 Å². The van der Waals surface area contributed by atoms with Crippen molar-refractivity contribution in [1.82, 2.24) is 0 Å². The monoisotopic (exact) mass is 331 g/mol. The van der Waals surface area contributed by atoms with Crippen LogP contribution in [0.3, 0.4) is 0 Å². The van der Waals surface area contributed by atoms with Gasteiger partial charge in [0.05, 0.1) is 26.1 Å². The molecule has 0 radical (unpaired) electrons. The van der Waals surface area contributed by atoms with Crippen molar-refractivity contribution in [2.24, 2.45) is 0 Å². The Morgan fingerprint density at radius 3 is 2.88 bits per heavy atom. The molecule has 1 saturated heterocycles. The van der Waals surface area contributed by atoms with E-state index in [9.17, 15) is 10.3 Å². The third-order valence-electron chi connectivity index (χ3n) is 6.34. The summed E-state index contributed by atoms with van der Waals surface area (Å²) >= 11 is 0. The zero-order valence-electron chi connectivity index (χ0n) is 13.7. The van der Waals surface area contributed by atoms with Crippen molar-refractivity contribution in [2.45, 2.75) is 36.8 Å². The van der Waals surface area contributed by atoms with Gasteiger partial charge >= 0.3 is 0 Å². The maximum absolute atomic E-state index is 13.7. The third kappa shape index (κ3) is 1.61. The van der Waals surface area contributed by atoms with Crippen LogP contribution in [0.1, 0.15) is 29.9 Å². The SMILES string of the molecule is COC1=C[C@]23CCC[N@+]2([O-])CCc2cc4c(cc2[C@@H]3[C@@H]1O)OCO4. The quantitative estimate of drug-likeness (QED) is 0.628. The lowest BCUT2D eigenvalue weighted by Crippen LogP contribution is -2.58. The lowest BCUT2D eigenvalue weighted by molar-refractivity contribution is -0.912. The molecule has 3 aliphatic heterocycles. The highest BCUT2D eigenvalue weighted by Gasteiger charge is 2.62. The number of rotatable bonds is 1. The van der Waals surface area contributed by atoms with Crippen LogP contribution < -0.4 is 9.47 Å². The van der Waals surface area contributed by atoms with Crippen LogP contribution >= 0.6 is 0 Å². The molecular weight excluding hydrogens is 310 g/mol. The van der Waals surface area contributed by atoms with Gasteiger partial charge in [0.25, 0.3) is 0 Å². The Morgan fingerprint density at radius 1 is 1.29 bits per heavy atom. The van der Waals surface area contributed by atoms with Gasteiger partial charge in [-0.15, -0.1) is 0 Å². The lowest BCUT2D eigenvalue weighted by atomic mass is 9.77. The van der Waals surface area contributed by atoms with E-state index in [-0.39, 0.29) is 17.4 Å². The summed E-state index contributed by atoms with van der Waals surface area (Å²) in [4.78, 5) is 0. The molecule has 6 nitrogen and oxygen atoms in total. The lowest BCUT2D eigenvalue weighted by Gasteiger charge is -2.52. The van der Waals surface area contributed by atoms with Crippen molar-refractivity contribution in [1.29, 1.82) is 0 Å². The first-order valence-corrected chi connectivity index (χ1v) is 8.53. The van der Waals surface area contributed by atoms with Crippen molar-refractivity contribution < 1.29 is 24.0 Å². The summed E-state index contributed by atoms with van der Waals surface area (Å²) < 4.78 is 16.2.